The molecule has 11 heteroatoms. The Hall–Kier alpha value is -3.70. The van der Waals surface area contributed by atoms with Crippen molar-refractivity contribution in [2.45, 2.75) is 26.8 Å². The zero-order valence-electron chi connectivity index (χ0n) is 20.9. The van der Waals surface area contributed by atoms with E-state index in [1.807, 2.05) is 47.8 Å². The molecular formula is C25H31N9O2. The van der Waals surface area contributed by atoms with Gasteiger partial charge in [-0.2, -0.15) is 14.9 Å². The van der Waals surface area contributed by atoms with Gasteiger partial charge in [-0.15, -0.1) is 0 Å². The van der Waals surface area contributed by atoms with Crippen LogP contribution in [0, 0.1) is 13.8 Å². The first-order valence-corrected chi connectivity index (χ1v) is 12.5. The minimum Gasteiger partial charge on any atom is -0.377 e. The molecule has 36 heavy (non-hydrogen) atoms. The fraction of sp³-hybridized carbons (Fsp3) is 0.440. The number of aryl methyl sites for hydroxylation is 1. The van der Waals surface area contributed by atoms with Gasteiger partial charge in [0.05, 0.1) is 53.8 Å². The largest absolute Gasteiger partial charge is 0.377 e. The number of amides is 1. The molecule has 0 aliphatic carbocycles. The summed E-state index contributed by atoms with van der Waals surface area (Å²) in [7, 11) is 0. The first kappa shape index (κ1) is 22.7. The van der Waals surface area contributed by atoms with Crippen LogP contribution >= 0.6 is 0 Å². The number of aromatic nitrogens is 6. The van der Waals surface area contributed by atoms with Gasteiger partial charge in [0.1, 0.15) is 5.82 Å². The fourth-order valence-electron chi connectivity index (χ4n) is 5.22. The summed E-state index contributed by atoms with van der Waals surface area (Å²) in [5.74, 6) is 0.863. The summed E-state index contributed by atoms with van der Waals surface area (Å²) < 4.78 is 9.08. The molecule has 2 aliphatic rings. The van der Waals surface area contributed by atoms with Crippen LogP contribution in [-0.2, 0) is 4.74 Å². The van der Waals surface area contributed by atoms with E-state index in [0.29, 0.717) is 26.3 Å². The van der Waals surface area contributed by atoms with Crippen molar-refractivity contribution in [2.75, 3.05) is 50.8 Å². The number of aromatic amines is 1. The average molecular weight is 490 g/mol. The van der Waals surface area contributed by atoms with Crippen molar-refractivity contribution in [1.82, 2.24) is 39.6 Å². The molecule has 4 aromatic rings. The van der Waals surface area contributed by atoms with Gasteiger partial charge in [0.25, 0.3) is 0 Å². The lowest BCUT2D eigenvalue weighted by molar-refractivity contribution is 0.0985. The van der Waals surface area contributed by atoms with E-state index in [2.05, 4.69) is 33.3 Å². The highest BCUT2D eigenvalue weighted by Crippen LogP contribution is 2.34. The summed E-state index contributed by atoms with van der Waals surface area (Å²) in [6.07, 6.45) is 3.73. The number of hydrogen-bond donors (Lipinski definition) is 2. The molecule has 4 aromatic heterocycles. The third kappa shape index (κ3) is 3.75. The van der Waals surface area contributed by atoms with Crippen LogP contribution in [0.3, 0.4) is 0 Å². The van der Waals surface area contributed by atoms with E-state index in [1.54, 1.807) is 0 Å². The van der Waals surface area contributed by atoms with E-state index in [9.17, 15) is 4.79 Å². The average Bonchev–Trinajstić information content (AvgIpc) is 3.63. The molecular weight excluding hydrogens is 458 g/mol. The number of carbonyl (C=O) groups excluding carboxylic acids is 1. The van der Waals surface area contributed by atoms with Crippen molar-refractivity contribution in [3.63, 3.8) is 0 Å². The zero-order valence-corrected chi connectivity index (χ0v) is 20.9. The predicted molar refractivity (Wildman–Crippen MR) is 136 cm³/mol. The topological polar surface area (TPSA) is 109 Å². The number of morpholine rings is 1. The number of anilines is 1. The molecule has 0 bridgehead atoms. The van der Waals surface area contributed by atoms with Gasteiger partial charge in [-0.3, -0.25) is 0 Å². The Morgan fingerprint density at radius 1 is 1.19 bits per heavy atom. The Kier molecular flexibility index (Phi) is 5.73. The maximum atomic E-state index is 13.3. The van der Waals surface area contributed by atoms with Crippen molar-refractivity contribution >= 4 is 17.5 Å². The second kappa shape index (κ2) is 9.07. The minimum atomic E-state index is -0.0942. The molecule has 6 rings (SSSR count). The molecule has 188 valence electrons. The fourth-order valence-corrected chi connectivity index (χ4v) is 5.22. The molecule has 0 unspecified atom stereocenters. The summed E-state index contributed by atoms with van der Waals surface area (Å²) >= 11 is 0. The number of rotatable bonds is 3. The molecule has 2 fully saturated rings. The third-order valence-electron chi connectivity index (χ3n) is 7.12. The normalized spacial score (nSPS) is 18.8. The molecule has 11 nitrogen and oxygen atoms in total. The van der Waals surface area contributed by atoms with Gasteiger partial charge in [-0.1, -0.05) is 0 Å². The smallest absolute Gasteiger partial charge is 0.345 e. The van der Waals surface area contributed by atoms with Gasteiger partial charge < -0.3 is 24.8 Å². The van der Waals surface area contributed by atoms with Crippen LogP contribution in [0.15, 0.2) is 30.6 Å². The molecule has 0 aromatic carbocycles. The van der Waals surface area contributed by atoms with Crippen molar-refractivity contribution in [2.24, 2.45) is 0 Å². The first-order valence-electron chi connectivity index (χ1n) is 12.5. The molecule has 2 saturated heterocycles. The number of hydrogen-bond acceptors (Lipinski definition) is 7. The molecule has 0 radical (unpaired) electrons. The molecule has 1 amide bonds. The lowest BCUT2D eigenvalue weighted by Gasteiger charge is -2.34. The molecule has 2 N–H and O–H groups in total. The second-order valence-corrected chi connectivity index (χ2v) is 9.47. The van der Waals surface area contributed by atoms with Gasteiger partial charge in [0.15, 0.2) is 5.65 Å². The molecule has 0 saturated carbocycles. The van der Waals surface area contributed by atoms with Crippen LogP contribution in [0.25, 0.3) is 28.2 Å². The number of nitrogens with zero attached hydrogens (tertiary/aromatic N) is 7. The maximum absolute atomic E-state index is 13.3. The van der Waals surface area contributed by atoms with Gasteiger partial charge in [0, 0.05) is 50.6 Å². The zero-order chi connectivity index (χ0) is 24.8. The van der Waals surface area contributed by atoms with Crippen LogP contribution < -0.4 is 10.2 Å². The number of nitrogens with one attached hydrogen (secondary N) is 2. The van der Waals surface area contributed by atoms with Gasteiger partial charge in [0.2, 0.25) is 0 Å². The van der Waals surface area contributed by atoms with E-state index < -0.39 is 0 Å². The minimum absolute atomic E-state index is 0.0942. The Morgan fingerprint density at radius 3 is 2.78 bits per heavy atom. The standard InChI is InChI=1S/C25H31N9O2/c1-16-15-36-12-11-32(16)22-13-21(34-24(29-22)19(14-28-34)20-5-4-6-27-20)23-17(2)30-33(18(23)3)25(35)31-9-7-26-8-10-31/h4-6,13-14,16,26-27H,7-12,15H2,1-3H3/t16-/m1/s1. The highest BCUT2D eigenvalue weighted by molar-refractivity contribution is 5.83. The van der Waals surface area contributed by atoms with Crippen molar-refractivity contribution in [3.8, 4) is 22.5 Å². The van der Waals surface area contributed by atoms with Crippen LogP contribution in [0.1, 0.15) is 18.3 Å². The molecule has 2 aliphatic heterocycles. The highest BCUT2D eigenvalue weighted by Gasteiger charge is 2.28. The summed E-state index contributed by atoms with van der Waals surface area (Å²) in [5.41, 5.74) is 5.96. The van der Waals surface area contributed by atoms with Crippen molar-refractivity contribution in [3.05, 3.63) is 42.0 Å². The van der Waals surface area contributed by atoms with Crippen LogP contribution in [0.2, 0.25) is 0 Å². The van der Waals surface area contributed by atoms with E-state index in [0.717, 1.165) is 65.0 Å². The monoisotopic (exact) mass is 489 g/mol. The van der Waals surface area contributed by atoms with E-state index >= 15 is 0 Å². The molecule has 6 heterocycles. The van der Waals surface area contributed by atoms with Gasteiger partial charge in [-0.05, 0) is 32.9 Å². The van der Waals surface area contributed by atoms with E-state index in [4.69, 9.17) is 14.8 Å². The Bertz CT molecular complexity index is 1400. The summed E-state index contributed by atoms with van der Waals surface area (Å²) in [5, 5.41) is 12.7. The van der Waals surface area contributed by atoms with Crippen LogP contribution in [0.4, 0.5) is 10.6 Å². The SMILES string of the molecule is Cc1nn(C(=O)N2CCNCC2)c(C)c1-c1cc(N2CCOC[C@H]2C)nc2c(-c3ccc[nH]3)cnn12. The summed E-state index contributed by atoms with van der Waals surface area (Å²) in [6, 6.07) is 6.15. The summed E-state index contributed by atoms with van der Waals surface area (Å²) in [6.45, 7) is 11.0. The third-order valence-corrected chi connectivity index (χ3v) is 7.12. The Morgan fingerprint density at radius 2 is 2.03 bits per heavy atom. The molecule has 1 atom stereocenters. The number of fused-ring (bicyclic) bond motifs is 1. The van der Waals surface area contributed by atoms with E-state index in [1.165, 1.54) is 4.68 Å². The quantitative estimate of drug-likeness (QED) is 0.455. The van der Waals surface area contributed by atoms with E-state index in [-0.39, 0.29) is 12.1 Å². The second-order valence-electron chi connectivity index (χ2n) is 9.47. The van der Waals surface area contributed by atoms with Gasteiger partial charge in [-0.25, -0.2) is 14.3 Å². The maximum Gasteiger partial charge on any atom is 0.345 e. The number of H-pyrrole nitrogens is 1. The Balaban J connectivity index is 1.52. The number of ether oxygens (including phenoxy) is 1. The first-order chi connectivity index (χ1) is 17.5. The molecule has 0 spiro atoms. The van der Waals surface area contributed by atoms with Crippen molar-refractivity contribution in [1.29, 1.82) is 0 Å². The van der Waals surface area contributed by atoms with Gasteiger partial charge >= 0.3 is 6.03 Å². The number of piperazine rings is 1. The highest BCUT2D eigenvalue weighted by atomic mass is 16.5. The predicted octanol–water partition coefficient (Wildman–Crippen LogP) is 2.30. The van der Waals surface area contributed by atoms with Crippen molar-refractivity contribution < 1.29 is 9.53 Å². The van der Waals surface area contributed by atoms with Crippen LogP contribution in [0.5, 0.6) is 0 Å². The lowest BCUT2D eigenvalue weighted by atomic mass is 10.1. The van der Waals surface area contributed by atoms with Crippen LogP contribution in [-0.4, -0.2) is 92.3 Å². The number of carbonyl (C=O) groups is 1. The summed E-state index contributed by atoms with van der Waals surface area (Å²) in [4.78, 5) is 25.8. The lowest BCUT2D eigenvalue weighted by Crippen LogP contribution is -2.48. The Labute approximate surface area is 209 Å².